The highest BCUT2D eigenvalue weighted by atomic mass is 19.4. The van der Waals surface area contributed by atoms with Crippen LogP contribution in [0.5, 0.6) is 0 Å². The Kier molecular flexibility index (Phi) is 4.96. The van der Waals surface area contributed by atoms with E-state index in [-0.39, 0.29) is 36.2 Å². The van der Waals surface area contributed by atoms with Gasteiger partial charge in [-0.05, 0) is 31.2 Å². The molecular formula is C20H17F3N6O2. The van der Waals surface area contributed by atoms with Crippen LogP contribution in [0.1, 0.15) is 45.1 Å². The third-order valence-corrected chi connectivity index (χ3v) is 5.03. The second kappa shape index (κ2) is 7.49. The van der Waals surface area contributed by atoms with Gasteiger partial charge in [0.1, 0.15) is 11.4 Å². The molecule has 3 heterocycles. The Labute approximate surface area is 174 Å². The Morgan fingerprint density at radius 2 is 1.87 bits per heavy atom. The fraction of sp³-hybridized carbons (Fsp3) is 0.250. The van der Waals surface area contributed by atoms with Crippen LogP contribution in [0, 0.1) is 0 Å². The van der Waals surface area contributed by atoms with Gasteiger partial charge in [0.05, 0.1) is 17.8 Å². The number of benzene rings is 1. The van der Waals surface area contributed by atoms with E-state index in [1.165, 1.54) is 40.3 Å². The summed E-state index contributed by atoms with van der Waals surface area (Å²) in [6.07, 6.45) is -0.494. The van der Waals surface area contributed by atoms with Crippen molar-refractivity contribution < 1.29 is 22.8 Å². The molecule has 1 aliphatic heterocycles. The zero-order valence-electron chi connectivity index (χ0n) is 16.3. The number of hydrogen-bond acceptors (Lipinski definition) is 6. The van der Waals surface area contributed by atoms with Gasteiger partial charge >= 0.3 is 6.18 Å². The van der Waals surface area contributed by atoms with Crippen molar-refractivity contribution in [2.75, 3.05) is 17.2 Å². The van der Waals surface area contributed by atoms with Crippen LogP contribution in [0.4, 0.5) is 24.7 Å². The van der Waals surface area contributed by atoms with Crippen molar-refractivity contribution in [1.29, 1.82) is 0 Å². The predicted molar refractivity (Wildman–Crippen MR) is 105 cm³/mol. The molecule has 1 aliphatic rings. The molecule has 3 aromatic rings. The van der Waals surface area contributed by atoms with E-state index in [0.29, 0.717) is 11.3 Å². The van der Waals surface area contributed by atoms with Crippen molar-refractivity contribution >= 4 is 23.2 Å². The molecule has 0 unspecified atom stereocenters. The number of halogens is 3. The van der Waals surface area contributed by atoms with Gasteiger partial charge < -0.3 is 10.6 Å². The molecule has 31 heavy (non-hydrogen) atoms. The molecule has 0 saturated carbocycles. The average Bonchev–Trinajstić information content (AvgIpc) is 3.15. The number of amides is 1. The zero-order valence-corrected chi connectivity index (χ0v) is 16.3. The highest BCUT2D eigenvalue weighted by Gasteiger charge is 2.35. The first kappa shape index (κ1) is 20.5. The van der Waals surface area contributed by atoms with Crippen LogP contribution >= 0.6 is 0 Å². The number of fused-ring (bicyclic) bond motifs is 1. The number of carbonyl (C=O) groups excluding carboxylic acids is 2. The van der Waals surface area contributed by atoms with E-state index in [9.17, 15) is 22.8 Å². The predicted octanol–water partition coefficient (Wildman–Crippen LogP) is 2.92. The third-order valence-electron chi connectivity index (χ3n) is 5.03. The van der Waals surface area contributed by atoms with Crippen LogP contribution in [0.25, 0.3) is 0 Å². The molecule has 0 radical (unpaired) electrons. The van der Waals surface area contributed by atoms with Gasteiger partial charge in [-0.1, -0.05) is 0 Å². The summed E-state index contributed by atoms with van der Waals surface area (Å²) in [5, 5.41) is 4.23. The van der Waals surface area contributed by atoms with Crippen LogP contribution in [0.15, 0.2) is 42.9 Å². The van der Waals surface area contributed by atoms with Crippen molar-refractivity contribution in [3.8, 4) is 0 Å². The topological polar surface area (TPSA) is 107 Å². The molecule has 2 N–H and O–H groups in total. The van der Waals surface area contributed by atoms with E-state index in [4.69, 9.17) is 5.73 Å². The van der Waals surface area contributed by atoms with Gasteiger partial charge in [-0.3, -0.25) is 14.3 Å². The van der Waals surface area contributed by atoms with E-state index in [0.717, 1.165) is 12.1 Å². The number of alkyl halides is 3. The van der Waals surface area contributed by atoms with Gasteiger partial charge in [-0.2, -0.15) is 18.3 Å². The number of nitrogens with zero attached hydrogens (tertiary/aromatic N) is 5. The summed E-state index contributed by atoms with van der Waals surface area (Å²) in [5.74, 6) is -0.890. The normalized spacial score (nSPS) is 16.3. The standard InChI is InChI=1S/C20H17F3N6O2/c1-11-10-28(14-4-2-13(3-5-14)20(21,22)23)19(31)17-12(9-27-29(11)17)8-15(30)16-18(24)26-7-6-25-16/h2-7,9,11H,8,10H2,1H3,(H2,24,26)/t11-/m0/s1. The van der Waals surface area contributed by atoms with Crippen LogP contribution in [0.2, 0.25) is 0 Å². The quantitative estimate of drug-likeness (QED) is 0.638. The smallest absolute Gasteiger partial charge is 0.382 e. The number of aromatic nitrogens is 4. The highest BCUT2D eigenvalue weighted by molar-refractivity contribution is 6.08. The van der Waals surface area contributed by atoms with E-state index in [1.807, 2.05) is 6.92 Å². The minimum atomic E-state index is -4.47. The summed E-state index contributed by atoms with van der Waals surface area (Å²) in [4.78, 5) is 35.0. The van der Waals surface area contributed by atoms with Crippen LogP contribution < -0.4 is 10.6 Å². The zero-order chi connectivity index (χ0) is 22.3. The minimum Gasteiger partial charge on any atom is -0.382 e. The minimum absolute atomic E-state index is 0.00153. The summed E-state index contributed by atoms with van der Waals surface area (Å²) in [7, 11) is 0. The number of Topliss-reactive ketones (excluding diaryl/α,β-unsaturated/α-hetero) is 1. The Bertz CT molecular complexity index is 1160. The van der Waals surface area contributed by atoms with Gasteiger partial charge in [-0.25, -0.2) is 9.97 Å². The lowest BCUT2D eigenvalue weighted by Crippen LogP contribution is -2.43. The maximum atomic E-state index is 13.2. The molecule has 1 aromatic carbocycles. The second-order valence-corrected chi connectivity index (χ2v) is 7.16. The molecule has 0 fully saturated rings. The highest BCUT2D eigenvalue weighted by Crippen LogP contribution is 2.33. The fourth-order valence-corrected chi connectivity index (χ4v) is 3.52. The molecular weight excluding hydrogens is 413 g/mol. The number of nitrogen functional groups attached to an aromatic ring is 1. The van der Waals surface area contributed by atoms with Crippen molar-refractivity contribution in [2.24, 2.45) is 0 Å². The first-order valence-electron chi connectivity index (χ1n) is 9.32. The number of carbonyl (C=O) groups is 2. The van der Waals surface area contributed by atoms with Gasteiger partial charge in [0.25, 0.3) is 5.91 Å². The maximum absolute atomic E-state index is 13.2. The number of ketones is 1. The third kappa shape index (κ3) is 3.74. The molecule has 8 nitrogen and oxygen atoms in total. The lowest BCUT2D eigenvalue weighted by atomic mass is 10.0. The lowest BCUT2D eigenvalue weighted by Gasteiger charge is -2.32. The number of nitrogens with two attached hydrogens (primary N) is 1. The first-order chi connectivity index (χ1) is 14.7. The molecule has 0 aliphatic carbocycles. The van der Waals surface area contributed by atoms with E-state index in [1.54, 1.807) is 0 Å². The van der Waals surface area contributed by atoms with Crippen molar-refractivity contribution in [1.82, 2.24) is 19.7 Å². The van der Waals surface area contributed by atoms with E-state index >= 15 is 0 Å². The summed E-state index contributed by atoms with van der Waals surface area (Å²) in [6, 6.07) is 4.12. The number of hydrogen-bond donors (Lipinski definition) is 1. The molecule has 0 bridgehead atoms. The molecule has 11 heteroatoms. The van der Waals surface area contributed by atoms with Gasteiger partial charge in [0, 0.05) is 36.6 Å². The summed E-state index contributed by atoms with van der Waals surface area (Å²) in [5.41, 5.74) is 5.82. The van der Waals surface area contributed by atoms with E-state index in [2.05, 4.69) is 15.1 Å². The largest absolute Gasteiger partial charge is 0.416 e. The fourth-order valence-electron chi connectivity index (χ4n) is 3.52. The number of rotatable bonds is 4. The van der Waals surface area contributed by atoms with Crippen LogP contribution in [-0.4, -0.2) is 38.0 Å². The van der Waals surface area contributed by atoms with Crippen LogP contribution in [0.3, 0.4) is 0 Å². The second-order valence-electron chi connectivity index (χ2n) is 7.16. The Hall–Kier alpha value is -3.76. The monoisotopic (exact) mass is 430 g/mol. The number of anilines is 2. The SMILES string of the molecule is C[C@H]1CN(c2ccc(C(F)(F)F)cc2)C(=O)c2c(CC(=O)c3nccnc3N)cnn21. The molecule has 1 atom stereocenters. The average molecular weight is 430 g/mol. The molecule has 0 spiro atoms. The van der Waals surface area contributed by atoms with Gasteiger partial charge in [-0.15, -0.1) is 0 Å². The summed E-state index contributed by atoms with van der Waals surface area (Å²) in [6.45, 7) is 2.05. The first-order valence-corrected chi connectivity index (χ1v) is 9.32. The van der Waals surface area contributed by atoms with Crippen molar-refractivity contribution in [2.45, 2.75) is 25.6 Å². The molecule has 1 amide bonds. The lowest BCUT2D eigenvalue weighted by molar-refractivity contribution is -0.137. The Morgan fingerprint density at radius 3 is 2.52 bits per heavy atom. The van der Waals surface area contributed by atoms with Gasteiger partial charge in [0.2, 0.25) is 0 Å². The Morgan fingerprint density at radius 1 is 1.19 bits per heavy atom. The molecule has 4 rings (SSSR count). The molecule has 2 aromatic heterocycles. The van der Waals surface area contributed by atoms with Crippen LogP contribution in [-0.2, 0) is 12.6 Å². The summed E-state index contributed by atoms with van der Waals surface area (Å²) < 4.78 is 40.1. The summed E-state index contributed by atoms with van der Waals surface area (Å²) >= 11 is 0. The van der Waals surface area contributed by atoms with Crippen molar-refractivity contribution in [3.63, 3.8) is 0 Å². The Balaban J connectivity index is 1.64. The van der Waals surface area contributed by atoms with E-state index < -0.39 is 23.4 Å². The van der Waals surface area contributed by atoms with Gasteiger partial charge in [0.15, 0.2) is 11.6 Å². The van der Waals surface area contributed by atoms with Crippen molar-refractivity contribution in [3.05, 3.63) is 65.4 Å². The molecule has 160 valence electrons. The molecule has 0 saturated heterocycles. The maximum Gasteiger partial charge on any atom is 0.416 e.